The van der Waals surface area contributed by atoms with E-state index in [0.717, 1.165) is 50.7 Å². The maximum Gasteiger partial charge on any atom is 0.469 e. The molecule has 11 heteroatoms. The van der Waals surface area contributed by atoms with Crippen LogP contribution in [0.15, 0.2) is 0 Å². The third-order valence-electron chi connectivity index (χ3n) is 7.47. The summed E-state index contributed by atoms with van der Waals surface area (Å²) in [6.45, 7) is 3.00. The number of rotatable bonds is 32. The standard InChI is InChI=1S/C33H63O9PS/c1-3-4-5-6-7-8-9-10-14-17-20-23-26-33(36)42-31(29-41-43(37,38)39)28-40-32(35)25-22-19-16-13-11-12-15-18-21-24-27-44-30(2)34/h31H,3-29H2,1-2H3,(H2,37,38,39)/t31-/m0/s1. The first-order valence-corrected chi connectivity index (χ1v) is 19.8. The molecule has 0 rings (SSSR count). The number of phosphoric acid groups is 1. The number of thioether (sulfide) groups is 1. The zero-order valence-electron chi connectivity index (χ0n) is 27.8. The van der Waals surface area contributed by atoms with Gasteiger partial charge < -0.3 is 19.3 Å². The van der Waals surface area contributed by atoms with Crippen LogP contribution in [0.25, 0.3) is 0 Å². The lowest BCUT2D eigenvalue weighted by Crippen LogP contribution is -2.29. The van der Waals surface area contributed by atoms with Crippen LogP contribution in [0.3, 0.4) is 0 Å². The van der Waals surface area contributed by atoms with Crippen molar-refractivity contribution >= 4 is 36.6 Å². The summed E-state index contributed by atoms with van der Waals surface area (Å²) in [4.78, 5) is 53.4. The summed E-state index contributed by atoms with van der Waals surface area (Å²) < 4.78 is 26.2. The highest BCUT2D eigenvalue weighted by molar-refractivity contribution is 8.13. The number of esters is 2. The van der Waals surface area contributed by atoms with Crippen LogP contribution in [0, 0.1) is 0 Å². The summed E-state index contributed by atoms with van der Waals surface area (Å²) in [6.07, 6.45) is 24.5. The molecule has 0 fully saturated rings. The lowest BCUT2D eigenvalue weighted by atomic mass is 10.0. The van der Waals surface area contributed by atoms with E-state index in [1.54, 1.807) is 6.92 Å². The summed E-state index contributed by atoms with van der Waals surface area (Å²) in [6, 6.07) is 0. The van der Waals surface area contributed by atoms with Gasteiger partial charge in [-0.2, -0.15) is 0 Å². The van der Waals surface area contributed by atoms with E-state index in [9.17, 15) is 18.9 Å². The molecule has 0 saturated heterocycles. The monoisotopic (exact) mass is 666 g/mol. The van der Waals surface area contributed by atoms with Crippen molar-refractivity contribution in [3.8, 4) is 0 Å². The van der Waals surface area contributed by atoms with Gasteiger partial charge in [-0.1, -0.05) is 141 Å². The molecule has 0 aliphatic heterocycles. The van der Waals surface area contributed by atoms with E-state index in [1.807, 2.05) is 0 Å². The van der Waals surface area contributed by atoms with Crippen molar-refractivity contribution in [1.29, 1.82) is 0 Å². The maximum absolute atomic E-state index is 12.3. The highest BCUT2D eigenvalue weighted by Gasteiger charge is 2.22. The average molecular weight is 667 g/mol. The second-order valence-corrected chi connectivity index (χ2v) is 14.4. The molecule has 44 heavy (non-hydrogen) atoms. The Morgan fingerprint density at radius 2 is 1.02 bits per heavy atom. The first-order valence-electron chi connectivity index (χ1n) is 17.3. The predicted octanol–water partition coefficient (Wildman–Crippen LogP) is 9.21. The molecule has 0 aliphatic carbocycles. The topological polar surface area (TPSA) is 136 Å². The molecular weight excluding hydrogens is 603 g/mol. The second-order valence-electron chi connectivity index (χ2n) is 11.8. The van der Waals surface area contributed by atoms with Gasteiger partial charge in [0.1, 0.15) is 6.61 Å². The number of unbranched alkanes of at least 4 members (excludes halogenated alkanes) is 20. The van der Waals surface area contributed by atoms with E-state index >= 15 is 0 Å². The summed E-state index contributed by atoms with van der Waals surface area (Å²) in [5, 5.41) is 0.191. The Hall–Kier alpha value is -0.930. The summed E-state index contributed by atoms with van der Waals surface area (Å²) in [5.41, 5.74) is 0. The highest BCUT2D eigenvalue weighted by atomic mass is 32.2. The number of hydrogen-bond donors (Lipinski definition) is 2. The molecule has 0 heterocycles. The maximum atomic E-state index is 12.3. The third-order valence-corrected chi connectivity index (χ3v) is 8.86. The van der Waals surface area contributed by atoms with Crippen LogP contribution >= 0.6 is 19.6 Å². The number of carbonyl (C=O) groups is 3. The average Bonchev–Trinajstić information content (AvgIpc) is 2.96. The highest BCUT2D eigenvalue weighted by Crippen LogP contribution is 2.36. The molecule has 0 saturated carbocycles. The predicted molar refractivity (Wildman–Crippen MR) is 178 cm³/mol. The minimum absolute atomic E-state index is 0.191. The van der Waals surface area contributed by atoms with Crippen molar-refractivity contribution in [2.75, 3.05) is 19.0 Å². The van der Waals surface area contributed by atoms with Gasteiger partial charge in [0.25, 0.3) is 0 Å². The van der Waals surface area contributed by atoms with E-state index in [-0.39, 0.29) is 24.6 Å². The lowest BCUT2D eigenvalue weighted by molar-refractivity contribution is -0.161. The van der Waals surface area contributed by atoms with Crippen molar-refractivity contribution < 1.29 is 42.7 Å². The van der Waals surface area contributed by atoms with Gasteiger partial charge in [-0.15, -0.1) is 0 Å². The lowest BCUT2D eigenvalue weighted by Gasteiger charge is -2.18. The normalized spacial score (nSPS) is 12.3. The Morgan fingerprint density at radius 1 is 0.614 bits per heavy atom. The molecule has 0 aromatic carbocycles. The fourth-order valence-corrected chi connectivity index (χ4v) is 5.91. The number of carbonyl (C=O) groups excluding carboxylic acids is 3. The van der Waals surface area contributed by atoms with Gasteiger partial charge in [0.15, 0.2) is 11.2 Å². The van der Waals surface area contributed by atoms with Gasteiger partial charge in [-0.3, -0.25) is 18.9 Å². The zero-order valence-corrected chi connectivity index (χ0v) is 29.5. The number of ether oxygens (including phenoxy) is 2. The fourth-order valence-electron chi connectivity index (χ4n) is 4.91. The molecule has 1 atom stereocenters. The van der Waals surface area contributed by atoms with Crippen molar-refractivity contribution in [2.45, 2.75) is 174 Å². The minimum atomic E-state index is -4.75. The van der Waals surface area contributed by atoms with Gasteiger partial charge in [0.05, 0.1) is 6.61 Å². The zero-order chi connectivity index (χ0) is 32.7. The molecule has 0 amide bonds. The Balaban J connectivity index is 3.95. The molecule has 0 bridgehead atoms. The molecule has 260 valence electrons. The molecule has 0 spiro atoms. The van der Waals surface area contributed by atoms with Crippen LogP contribution in [0.5, 0.6) is 0 Å². The summed E-state index contributed by atoms with van der Waals surface area (Å²) in [5.74, 6) is 0.00936. The van der Waals surface area contributed by atoms with Crippen molar-refractivity contribution in [1.82, 2.24) is 0 Å². The van der Waals surface area contributed by atoms with Gasteiger partial charge in [0, 0.05) is 25.5 Å². The molecule has 0 aromatic heterocycles. The van der Waals surface area contributed by atoms with E-state index < -0.39 is 32.5 Å². The van der Waals surface area contributed by atoms with E-state index in [2.05, 4.69) is 11.4 Å². The smallest absolute Gasteiger partial charge is 0.462 e. The van der Waals surface area contributed by atoms with Crippen molar-refractivity contribution in [3.63, 3.8) is 0 Å². The Bertz CT molecular complexity index is 760. The number of phosphoric ester groups is 1. The third kappa shape index (κ3) is 34.0. The first kappa shape index (κ1) is 43.1. The molecule has 0 radical (unpaired) electrons. The van der Waals surface area contributed by atoms with Crippen LogP contribution in [-0.2, 0) is 32.9 Å². The van der Waals surface area contributed by atoms with Gasteiger partial charge in [-0.05, 0) is 19.3 Å². The first-order chi connectivity index (χ1) is 21.1. The van der Waals surface area contributed by atoms with Gasteiger partial charge >= 0.3 is 19.8 Å². The van der Waals surface area contributed by atoms with E-state index in [0.29, 0.717) is 12.8 Å². The summed E-state index contributed by atoms with van der Waals surface area (Å²) >= 11 is 1.40. The minimum Gasteiger partial charge on any atom is -0.462 e. The van der Waals surface area contributed by atoms with Crippen LogP contribution in [0.4, 0.5) is 0 Å². The van der Waals surface area contributed by atoms with Crippen LogP contribution in [-0.4, -0.2) is 51.9 Å². The molecule has 9 nitrogen and oxygen atoms in total. The van der Waals surface area contributed by atoms with Crippen LogP contribution < -0.4 is 0 Å². The van der Waals surface area contributed by atoms with Gasteiger partial charge in [-0.25, -0.2) is 4.57 Å². The number of hydrogen-bond acceptors (Lipinski definition) is 8. The van der Waals surface area contributed by atoms with Crippen molar-refractivity contribution in [2.24, 2.45) is 0 Å². The largest absolute Gasteiger partial charge is 0.469 e. The second kappa shape index (κ2) is 30.7. The summed E-state index contributed by atoms with van der Waals surface area (Å²) in [7, 11) is -4.75. The molecule has 0 aliphatic rings. The SMILES string of the molecule is CCCCCCCCCCCCCCC(=O)O[C@@H](COC(=O)CCCCCCCCCCCCSC(C)=O)COP(=O)(O)O. The quantitative estimate of drug-likeness (QED) is 0.0406. The van der Waals surface area contributed by atoms with Gasteiger partial charge in [0.2, 0.25) is 0 Å². The Labute approximate surface area is 272 Å². The van der Waals surface area contributed by atoms with Crippen molar-refractivity contribution in [3.05, 3.63) is 0 Å². The van der Waals surface area contributed by atoms with Crippen LogP contribution in [0.1, 0.15) is 168 Å². The van der Waals surface area contributed by atoms with E-state index in [4.69, 9.17) is 19.3 Å². The molecule has 2 N–H and O–H groups in total. The molecule has 0 unspecified atom stereocenters. The molecular formula is C33H63O9PS. The fraction of sp³-hybridized carbons (Fsp3) is 0.909. The Kier molecular flexibility index (Phi) is 30.1. The van der Waals surface area contributed by atoms with E-state index in [1.165, 1.54) is 95.2 Å². The molecule has 0 aromatic rings. The van der Waals surface area contributed by atoms with Crippen LogP contribution in [0.2, 0.25) is 0 Å². The Morgan fingerprint density at radius 3 is 1.45 bits per heavy atom.